The highest BCUT2D eigenvalue weighted by Gasteiger charge is 1.80. The van der Waals surface area contributed by atoms with Gasteiger partial charge in [0.1, 0.15) is 0 Å². The highest BCUT2D eigenvalue weighted by molar-refractivity contribution is 4.32. The Bertz CT molecular complexity index is 26.2. The quantitative estimate of drug-likeness (QED) is 0.642. The fourth-order valence-corrected chi connectivity index (χ4v) is 0. The van der Waals surface area contributed by atoms with Crippen molar-refractivity contribution in [3.8, 4) is 0 Å². The summed E-state index contributed by atoms with van der Waals surface area (Å²) in [5.41, 5.74) is 4.85. The Balaban J connectivity index is -0.0000000397. The summed E-state index contributed by atoms with van der Waals surface area (Å²) in [4.78, 5) is 0. The normalized spacial score (nSPS) is 6.50. The van der Waals surface area contributed by atoms with Crippen molar-refractivity contribution in [1.82, 2.24) is 0 Å². The summed E-state index contributed by atoms with van der Waals surface area (Å²) in [5.74, 6) is 0.884. The summed E-state index contributed by atoms with van der Waals surface area (Å²) in [6.45, 7) is 17.3. The van der Waals surface area contributed by atoms with Crippen LogP contribution < -0.4 is 5.73 Å². The number of hydrogen-bond acceptors (Lipinski definition) is 1. The van der Waals surface area contributed by atoms with E-state index in [0.717, 1.165) is 12.5 Å². The molecular formula is C11H31N. The standard InChI is InChI=1S/C5H12.C2H7N.2C2H6/c1-4-5(2)3;1-2-3;2*1-2/h5H,4H2,1-3H3;2-3H2,1H3;2*1-2H3. The van der Waals surface area contributed by atoms with Crippen LogP contribution in [0, 0.1) is 5.92 Å². The fourth-order valence-electron chi connectivity index (χ4n) is 0. The first-order valence-corrected chi connectivity index (χ1v) is 5.39. The fraction of sp³-hybridized carbons (Fsp3) is 1.00. The van der Waals surface area contributed by atoms with Crippen molar-refractivity contribution < 1.29 is 0 Å². The third kappa shape index (κ3) is 208. The molecule has 2 N–H and O–H groups in total. The lowest BCUT2D eigenvalue weighted by molar-refractivity contribution is 0.626. The Morgan fingerprint density at radius 3 is 1.00 bits per heavy atom. The van der Waals surface area contributed by atoms with E-state index in [0.29, 0.717) is 0 Å². The molecule has 0 fully saturated rings. The maximum absolute atomic E-state index is 4.85. The van der Waals surface area contributed by atoms with Gasteiger partial charge in [0.05, 0.1) is 0 Å². The van der Waals surface area contributed by atoms with Gasteiger partial charge in [-0.15, -0.1) is 0 Å². The maximum Gasteiger partial charge on any atom is -0.0106 e. The van der Waals surface area contributed by atoms with E-state index in [1.54, 1.807) is 0 Å². The van der Waals surface area contributed by atoms with Crippen LogP contribution in [0.4, 0.5) is 0 Å². The molecule has 0 rings (SSSR count). The van der Waals surface area contributed by atoms with Gasteiger partial charge in [-0.25, -0.2) is 0 Å². The van der Waals surface area contributed by atoms with Crippen molar-refractivity contribution in [2.75, 3.05) is 6.54 Å². The van der Waals surface area contributed by atoms with E-state index in [2.05, 4.69) is 20.8 Å². The molecule has 1 heteroatoms. The van der Waals surface area contributed by atoms with Crippen molar-refractivity contribution in [3.05, 3.63) is 0 Å². The SMILES string of the molecule is CC.CC.CCC(C)C.CCN. The van der Waals surface area contributed by atoms with Crippen LogP contribution in [0.5, 0.6) is 0 Å². The van der Waals surface area contributed by atoms with Crippen LogP contribution in [0.25, 0.3) is 0 Å². The van der Waals surface area contributed by atoms with Crippen LogP contribution >= 0.6 is 0 Å². The summed E-state index contributed by atoms with van der Waals surface area (Å²) in [7, 11) is 0. The lowest BCUT2D eigenvalue weighted by atomic mass is 10.2. The molecule has 0 aromatic carbocycles. The van der Waals surface area contributed by atoms with Gasteiger partial charge in [0.25, 0.3) is 0 Å². The van der Waals surface area contributed by atoms with E-state index < -0.39 is 0 Å². The van der Waals surface area contributed by atoms with Gasteiger partial charge < -0.3 is 5.73 Å². The van der Waals surface area contributed by atoms with Crippen LogP contribution in [0.2, 0.25) is 0 Å². The molecule has 0 aromatic rings. The molecule has 0 aliphatic heterocycles. The lowest BCUT2D eigenvalue weighted by Crippen LogP contribution is -1.87. The molecule has 0 saturated carbocycles. The van der Waals surface area contributed by atoms with Gasteiger partial charge in [0.2, 0.25) is 0 Å². The Morgan fingerprint density at radius 2 is 1.00 bits per heavy atom. The van der Waals surface area contributed by atoms with Gasteiger partial charge in [-0.05, 0) is 12.5 Å². The number of nitrogens with two attached hydrogens (primary N) is 1. The van der Waals surface area contributed by atoms with E-state index in [1.807, 2.05) is 34.6 Å². The van der Waals surface area contributed by atoms with Crippen LogP contribution in [-0.2, 0) is 0 Å². The predicted molar refractivity (Wildman–Crippen MR) is 62.6 cm³/mol. The van der Waals surface area contributed by atoms with Gasteiger partial charge in [-0.3, -0.25) is 0 Å². The molecule has 0 spiro atoms. The summed E-state index contributed by atoms with van der Waals surface area (Å²) < 4.78 is 0. The minimum Gasteiger partial charge on any atom is -0.331 e. The zero-order valence-corrected chi connectivity index (χ0v) is 10.6. The Kier molecular flexibility index (Phi) is 83.5. The molecule has 0 aliphatic rings. The third-order valence-electron chi connectivity index (χ3n) is 0.816. The second-order valence-corrected chi connectivity index (χ2v) is 2.21. The zero-order chi connectivity index (χ0) is 11.0. The largest absolute Gasteiger partial charge is 0.331 e. The van der Waals surface area contributed by atoms with E-state index in [1.165, 1.54) is 6.42 Å². The van der Waals surface area contributed by atoms with Crippen molar-refractivity contribution in [1.29, 1.82) is 0 Å². The molecule has 0 saturated heterocycles. The first kappa shape index (κ1) is 22.7. The van der Waals surface area contributed by atoms with Gasteiger partial charge in [-0.2, -0.15) is 0 Å². The summed E-state index contributed by atoms with van der Waals surface area (Å²) in [6.07, 6.45) is 1.31. The highest BCUT2D eigenvalue weighted by atomic mass is 14.5. The predicted octanol–water partition coefficient (Wildman–Crippen LogP) is 4.07. The number of hydrogen-bond donors (Lipinski definition) is 1. The van der Waals surface area contributed by atoms with Gasteiger partial charge in [-0.1, -0.05) is 61.8 Å². The molecule has 0 aliphatic carbocycles. The van der Waals surface area contributed by atoms with E-state index in [4.69, 9.17) is 5.73 Å². The summed E-state index contributed by atoms with van der Waals surface area (Å²) >= 11 is 0. The zero-order valence-electron chi connectivity index (χ0n) is 10.6. The van der Waals surface area contributed by atoms with Crippen LogP contribution in [0.3, 0.4) is 0 Å². The highest BCUT2D eigenvalue weighted by Crippen LogP contribution is 1.93. The van der Waals surface area contributed by atoms with Crippen LogP contribution in [0.15, 0.2) is 0 Å². The van der Waals surface area contributed by atoms with Gasteiger partial charge in [0, 0.05) is 0 Å². The molecule has 0 atom stereocenters. The van der Waals surface area contributed by atoms with Crippen molar-refractivity contribution in [3.63, 3.8) is 0 Å². The first-order valence-electron chi connectivity index (χ1n) is 5.39. The van der Waals surface area contributed by atoms with Crippen molar-refractivity contribution >= 4 is 0 Å². The lowest BCUT2D eigenvalue weighted by Gasteiger charge is -1.90. The minimum absolute atomic E-state index is 0.750. The second kappa shape index (κ2) is 44.2. The molecule has 0 heterocycles. The summed E-state index contributed by atoms with van der Waals surface area (Å²) in [6, 6.07) is 0. The monoisotopic (exact) mass is 177 g/mol. The molecule has 1 nitrogen and oxygen atoms in total. The molecule has 0 unspecified atom stereocenters. The van der Waals surface area contributed by atoms with Crippen LogP contribution in [-0.4, -0.2) is 6.54 Å². The molecule has 12 heavy (non-hydrogen) atoms. The van der Waals surface area contributed by atoms with Gasteiger partial charge in [0.15, 0.2) is 0 Å². The Labute approximate surface area is 80.7 Å². The second-order valence-electron chi connectivity index (χ2n) is 2.21. The first-order chi connectivity index (χ1) is 5.68. The molecule has 80 valence electrons. The summed E-state index contributed by atoms with van der Waals surface area (Å²) in [5, 5.41) is 0. The van der Waals surface area contributed by atoms with Gasteiger partial charge >= 0.3 is 0 Å². The van der Waals surface area contributed by atoms with Crippen molar-refractivity contribution in [2.24, 2.45) is 11.7 Å². The minimum atomic E-state index is 0.750. The average Bonchev–Trinajstić information content (AvgIpc) is 2.13. The Hall–Kier alpha value is -0.0400. The smallest absolute Gasteiger partial charge is 0.0106 e. The molecule has 0 bridgehead atoms. The average molecular weight is 177 g/mol. The Morgan fingerprint density at radius 1 is 0.917 bits per heavy atom. The van der Waals surface area contributed by atoms with E-state index in [-0.39, 0.29) is 0 Å². The van der Waals surface area contributed by atoms with Crippen molar-refractivity contribution in [2.45, 2.75) is 61.8 Å². The molecule has 0 aromatic heterocycles. The number of rotatable bonds is 1. The van der Waals surface area contributed by atoms with Crippen LogP contribution in [0.1, 0.15) is 61.8 Å². The molecule has 0 radical (unpaired) electrons. The maximum atomic E-state index is 4.85. The molecular weight excluding hydrogens is 146 g/mol. The molecule has 0 amide bonds. The van der Waals surface area contributed by atoms with E-state index in [9.17, 15) is 0 Å². The topological polar surface area (TPSA) is 26.0 Å². The third-order valence-corrected chi connectivity index (χ3v) is 0.816. The van der Waals surface area contributed by atoms with E-state index >= 15 is 0 Å².